The van der Waals surface area contributed by atoms with Gasteiger partial charge in [-0.1, -0.05) is 194 Å². The maximum absolute atomic E-state index is 12.1. The van der Waals surface area contributed by atoms with Crippen LogP contribution in [0.1, 0.15) is 219 Å². The molecule has 10 nitrogen and oxygen atoms in total. The van der Waals surface area contributed by atoms with E-state index in [0.717, 1.165) is 38.5 Å². The van der Waals surface area contributed by atoms with E-state index in [1.807, 2.05) is 0 Å². The van der Waals surface area contributed by atoms with Crippen LogP contribution in [0.4, 0.5) is 0 Å². The summed E-state index contributed by atoms with van der Waals surface area (Å²) in [5, 5.41) is 20.0. The first-order valence-corrected chi connectivity index (χ1v) is 23.5. The number of hydrogen-bond donors (Lipinski definition) is 3. The fourth-order valence-electron chi connectivity index (χ4n) is 6.30. The molecule has 1 unspecified atom stereocenters. The van der Waals surface area contributed by atoms with Gasteiger partial charge in [0, 0.05) is 12.8 Å². The lowest BCUT2D eigenvalue weighted by Gasteiger charge is -2.17. The number of hydrogen-bond acceptors (Lipinski definition) is 9. The number of unbranched alkanes of at least 4 members (excludes halogenated alkanes) is 28. The SMILES string of the molecule is CCCCCCCCCCCCCCCCCC(=O)OC[C@@H](O)COP(=O)(O)OC[C@@H](O)COC(=O)CCCCCCCCCCCCCCCCC. The van der Waals surface area contributed by atoms with Gasteiger partial charge in [-0.15, -0.1) is 0 Å². The van der Waals surface area contributed by atoms with Gasteiger partial charge in [-0.2, -0.15) is 0 Å². The Morgan fingerprint density at radius 3 is 0.887 bits per heavy atom. The molecule has 316 valence electrons. The molecular weight excluding hydrogens is 695 g/mol. The number of carbonyl (C=O) groups excluding carboxylic acids is 2. The first kappa shape index (κ1) is 52.0. The summed E-state index contributed by atoms with van der Waals surface area (Å²) in [5.74, 6) is -0.862. The number of carbonyl (C=O) groups is 2. The Hall–Kier alpha value is -1.03. The average molecular weight is 779 g/mol. The fraction of sp³-hybridized carbons (Fsp3) is 0.952. The van der Waals surface area contributed by atoms with Gasteiger partial charge < -0.3 is 24.6 Å². The van der Waals surface area contributed by atoms with E-state index in [1.54, 1.807) is 0 Å². The molecule has 0 amide bonds. The normalized spacial score (nSPS) is 13.8. The number of rotatable bonds is 42. The highest BCUT2D eigenvalue weighted by Gasteiger charge is 2.25. The van der Waals surface area contributed by atoms with Gasteiger partial charge in [-0.25, -0.2) is 4.57 Å². The molecule has 0 aromatic carbocycles. The predicted molar refractivity (Wildman–Crippen MR) is 215 cm³/mol. The minimum Gasteiger partial charge on any atom is -0.463 e. The Balaban J connectivity index is 3.65. The molecule has 11 heteroatoms. The summed E-state index contributed by atoms with van der Waals surface area (Å²) in [7, 11) is -4.59. The summed E-state index contributed by atoms with van der Waals surface area (Å²) < 4.78 is 31.7. The molecule has 3 N–H and O–H groups in total. The molecule has 0 aromatic heterocycles. The van der Waals surface area contributed by atoms with E-state index in [2.05, 4.69) is 13.8 Å². The fourth-order valence-corrected chi connectivity index (χ4v) is 7.09. The maximum Gasteiger partial charge on any atom is 0.472 e. The molecule has 0 fully saturated rings. The number of ether oxygens (including phenoxy) is 2. The van der Waals surface area contributed by atoms with Crippen molar-refractivity contribution < 1.29 is 47.8 Å². The maximum atomic E-state index is 12.1. The molecule has 0 saturated carbocycles. The summed E-state index contributed by atoms with van der Waals surface area (Å²) in [6.07, 6.45) is 35.1. The molecule has 0 heterocycles. The molecule has 0 radical (unpaired) electrons. The van der Waals surface area contributed by atoms with Crippen LogP contribution in [0.5, 0.6) is 0 Å². The first-order valence-electron chi connectivity index (χ1n) is 22.0. The lowest BCUT2D eigenvalue weighted by Crippen LogP contribution is -2.25. The Morgan fingerprint density at radius 1 is 0.415 bits per heavy atom. The standard InChI is InChI=1S/C42H83O10P/c1-3-5-7-9-11-13-15-17-19-21-23-25-27-29-31-33-41(45)49-35-39(43)37-51-53(47,48)52-38-40(44)36-50-42(46)34-32-30-28-26-24-22-20-18-16-14-12-10-8-6-4-2/h39-40,43-44H,3-38H2,1-2H3,(H,47,48)/t39-,40+. The minimum atomic E-state index is -4.59. The summed E-state index contributed by atoms with van der Waals surface area (Å²) in [6.45, 7) is 2.59. The van der Waals surface area contributed by atoms with Gasteiger partial charge in [0.1, 0.15) is 25.4 Å². The Bertz CT molecular complexity index is 794. The quantitative estimate of drug-likeness (QED) is 0.0310. The van der Waals surface area contributed by atoms with E-state index in [0.29, 0.717) is 0 Å². The minimum absolute atomic E-state index is 0.259. The van der Waals surface area contributed by atoms with Crippen LogP contribution in [-0.4, -0.2) is 65.7 Å². The summed E-state index contributed by atoms with van der Waals surface area (Å²) in [5.41, 5.74) is 0. The van der Waals surface area contributed by atoms with Crippen LogP contribution in [-0.2, 0) is 32.7 Å². The molecule has 0 spiro atoms. The van der Waals surface area contributed by atoms with Crippen molar-refractivity contribution in [3.05, 3.63) is 0 Å². The molecule has 3 atom stereocenters. The van der Waals surface area contributed by atoms with E-state index in [-0.39, 0.29) is 26.1 Å². The number of aliphatic hydroxyl groups excluding tert-OH is 2. The third-order valence-corrected chi connectivity index (χ3v) is 10.7. The van der Waals surface area contributed by atoms with Crippen molar-refractivity contribution in [2.45, 2.75) is 232 Å². The van der Waals surface area contributed by atoms with Crippen molar-refractivity contribution in [3.8, 4) is 0 Å². The van der Waals surface area contributed by atoms with Crippen molar-refractivity contribution >= 4 is 19.8 Å². The lowest BCUT2D eigenvalue weighted by molar-refractivity contribution is -0.147. The third-order valence-electron chi connectivity index (χ3n) is 9.70. The van der Waals surface area contributed by atoms with Crippen LogP contribution in [0.15, 0.2) is 0 Å². The zero-order valence-electron chi connectivity index (χ0n) is 34.3. The van der Waals surface area contributed by atoms with Crippen molar-refractivity contribution in [2.24, 2.45) is 0 Å². The van der Waals surface area contributed by atoms with E-state index in [4.69, 9.17) is 18.5 Å². The monoisotopic (exact) mass is 779 g/mol. The van der Waals surface area contributed by atoms with Crippen molar-refractivity contribution in [1.82, 2.24) is 0 Å². The topological polar surface area (TPSA) is 149 Å². The van der Waals surface area contributed by atoms with Crippen LogP contribution in [0.3, 0.4) is 0 Å². The Kier molecular flexibility index (Phi) is 38.5. The highest BCUT2D eigenvalue weighted by molar-refractivity contribution is 7.47. The van der Waals surface area contributed by atoms with Gasteiger partial charge in [0.2, 0.25) is 0 Å². The summed E-state index contributed by atoms with van der Waals surface area (Å²) in [6, 6.07) is 0. The summed E-state index contributed by atoms with van der Waals surface area (Å²) in [4.78, 5) is 33.8. The first-order chi connectivity index (χ1) is 25.7. The Labute approximate surface area is 324 Å². The second-order valence-corrected chi connectivity index (χ2v) is 16.6. The molecule has 53 heavy (non-hydrogen) atoms. The largest absolute Gasteiger partial charge is 0.472 e. The molecular formula is C42H83O10P. The third kappa shape index (κ3) is 40.5. The molecule has 0 saturated heterocycles. The van der Waals surface area contributed by atoms with Gasteiger partial charge in [0.25, 0.3) is 0 Å². The molecule has 0 aliphatic rings. The van der Waals surface area contributed by atoms with Crippen LogP contribution in [0.2, 0.25) is 0 Å². The average Bonchev–Trinajstić information content (AvgIpc) is 3.14. The number of aliphatic hydroxyl groups is 2. The van der Waals surface area contributed by atoms with Crippen LogP contribution in [0, 0.1) is 0 Å². The molecule has 0 rings (SSSR count). The van der Waals surface area contributed by atoms with Crippen molar-refractivity contribution in [2.75, 3.05) is 26.4 Å². The van der Waals surface area contributed by atoms with Gasteiger partial charge >= 0.3 is 19.8 Å². The molecule has 0 aromatic rings. The summed E-state index contributed by atoms with van der Waals surface area (Å²) >= 11 is 0. The van der Waals surface area contributed by atoms with Crippen molar-refractivity contribution in [3.63, 3.8) is 0 Å². The van der Waals surface area contributed by atoms with E-state index in [9.17, 15) is 29.3 Å². The van der Waals surface area contributed by atoms with Crippen LogP contribution in [0.25, 0.3) is 0 Å². The zero-order chi connectivity index (χ0) is 39.1. The molecule has 0 bridgehead atoms. The smallest absolute Gasteiger partial charge is 0.463 e. The Morgan fingerprint density at radius 2 is 0.642 bits per heavy atom. The molecule has 0 aliphatic carbocycles. The van der Waals surface area contributed by atoms with Gasteiger partial charge in [-0.3, -0.25) is 18.6 Å². The number of phosphoric acid groups is 1. The van der Waals surface area contributed by atoms with Crippen LogP contribution >= 0.6 is 7.82 Å². The highest BCUT2D eigenvalue weighted by Crippen LogP contribution is 2.43. The van der Waals surface area contributed by atoms with Gasteiger partial charge in [-0.05, 0) is 12.8 Å². The van der Waals surface area contributed by atoms with E-state index < -0.39 is 45.2 Å². The number of phosphoric ester groups is 1. The second-order valence-electron chi connectivity index (χ2n) is 15.1. The van der Waals surface area contributed by atoms with Gasteiger partial charge in [0.15, 0.2) is 0 Å². The van der Waals surface area contributed by atoms with Crippen molar-refractivity contribution in [1.29, 1.82) is 0 Å². The zero-order valence-corrected chi connectivity index (χ0v) is 35.2. The lowest BCUT2D eigenvalue weighted by atomic mass is 10.0. The number of esters is 2. The predicted octanol–water partition coefficient (Wildman–Crippen LogP) is 11.5. The molecule has 0 aliphatic heterocycles. The van der Waals surface area contributed by atoms with Gasteiger partial charge in [0.05, 0.1) is 13.2 Å². The van der Waals surface area contributed by atoms with E-state index in [1.165, 1.54) is 154 Å². The van der Waals surface area contributed by atoms with E-state index >= 15 is 0 Å². The highest BCUT2D eigenvalue weighted by atomic mass is 31.2. The van der Waals surface area contributed by atoms with Crippen LogP contribution < -0.4 is 0 Å². The second kappa shape index (κ2) is 39.2.